The van der Waals surface area contributed by atoms with Crippen LogP contribution in [-0.2, 0) is 0 Å². The summed E-state index contributed by atoms with van der Waals surface area (Å²) in [5.74, 6) is -1.36. The number of urea groups is 1. The quantitative estimate of drug-likeness (QED) is 0.753. The zero-order chi connectivity index (χ0) is 12.8. The van der Waals surface area contributed by atoms with Crippen molar-refractivity contribution in [2.75, 3.05) is 18.4 Å². The van der Waals surface area contributed by atoms with Gasteiger partial charge in [0.2, 0.25) is 0 Å². The summed E-state index contributed by atoms with van der Waals surface area (Å²) in [5, 5.41) is 4.82. The molecule has 4 nitrogen and oxygen atoms in total. The summed E-state index contributed by atoms with van der Waals surface area (Å²) in [6.45, 7) is 2.72. The lowest BCUT2D eigenvalue weighted by Crippen LogP contribution is -2.34. The van der Waals surface area contributed by atoms with E-state index in [1.807, 2.05) is 6.92 Å². The van der Waals surface area contributed by atoms with Crippen molar-refractivity contribution < 1.29 is 13.6 Å². The molecular formula is C11H15F2N3O. The standard InChI is InChI=1S/C11H15F2N3O/c1-7(5-14)6-15-11(17)16-10-3-2-8(12)4-9(10)13/h2-4,7H,5-6,14H2,1H3,(H2,15,16,17). The van der Waals surface area contributed by atoms with Gasteiger partial charge in [0.25, 0.3) is 0 Å². The van der Waals surface area contributed by atoms with Gasteiger partial charge in [-0.15, -0.1) is 0 Å². The minimum Gasteiger partial charge on any atom is -0.338 e. The van der Waals surface area contributed by atoms with Crippen LogP contribution in [0.25, 0.3) is 0 Å². The molecule has 0 saturated carbocycles. The van der Waals surface area contributed by atoms with Crippen molar-refractivity contribution in [3.05, 3.63) is 29.8 Å². The molecule has 94 valence electrons. The van der Waals surface area contributed by atoms with Crippen LogP contribution < -0.4 is 16.4 Å². The van der Waals surface area contributed by atoms with Crippen molar-refractivity contribution >= 4 is 11.7 Å². The van der Waals surface area contributed by atoms with Crippen LogP contribution in [0.2, 0.25) is 0 Å². The molecule has 0 aromatic heterocycles. The third-order valence-electron chi connectivity index (χ3n) is 2.19. The fourth-order valence-corrected chi connectivity index (χ4v) is 1.11. The number of nitrogens with two attached hydrogens (primary N) is 1. The number of carbonyl (C=O) groups excluding carboxylic acids is 1. The Morgan fingerprint density at radius 1 is 1.47 bits per heavy atom. The minimum atomic E-state index is -0.813. The van der Waals surface area contributed by atoms with Gasteiger partial charge in [-0.2, -0.15) is 0 Å². The average molecular weight is 243 g/mol. The first-order chi connectivity index (χ1) is 8.02. The van der Waals surface area contributed by atoms with Gasteiger partial charge < -0.3 is 16.4 Å². The van der Waals surface area contributed by atoms with Crippen molar-refractivity contribution in [2.24, 2.45) is 11.7 Å². The van der Waals surface area contributed by atoms with E-state index in [0.717, 1.165) is 12.1 Å². The molecule has 2 amide bonds. The van der Waals surface area contributed by atoms with E-state index in [0.29, 0.717) is 19.2 Å². The predicted molar refractivity (Wildman–Crippen MR) is 61.6 cm³/mol. The fraction of sp³-hybridized carbons (Fsp3) is 0.364. The van der Waals surface area contributed by atoms with Crippen LogP contribution in [0.5, 0.6) is 0 Å². The Labute approximate surface area is 98.2 Å². The maximum Gasteiger partial charge on any atom is 0.319 e. The third kappa shape index (κ3) is 4.36. The van der Waals surface area contributed by atoms with Gasteiger partial charge in [0.1, 0.15) is 11.6 Å². The van der Waals surface area contributed by atoms with Crippen LogP contribution in [0.1, 0.15) is 6.92 Å². The monoisotopic (exact) mass is 243 g/mol. The van der Waals surface area contributed by atoms with Crippen LogP contribution in [0, 0.1) is 17.6 Å². The molecule has 0 fully saturated rings. The number of benzene rings is 1. The highest BCUT2D eigenvalue weighted by atomic mass is 19.1. The highest BCUT2D eigenvalue weighted by molar-refractivity contribution is 5.89. The molecule has 4 N–H and O–H groups in total. The Morgan fingerprint density at radius 3 is 2.76 bits per heavy atom. The van der Waals surface area contributed by atoms with Crippen LogP contribution >= 0.6 is 0 Å². The van der Waals surface area contributed by atoms with Crippen LogP contribution in [0.3, 0.4) is 0 Å². The zero-order valence-electron chi connectivity index (χ0n) is 9.47. The van der Waals surface area contributed by atoms with Crippen molar-refractivity contribution in [3.63, 3.8) is 0 Å². The van der Waals surface area contributed by atoms with E-state index in [1.165, 1.54) is 0 Å². The highest BCUT2D eigenvalue weighted by Crippen LogP contribution is 2.14. The van der Waals surface area contributed by atoms with Gasteiger partial charge in [0.05, 0.1) is 5.69 Å². The maximum absolute atomic E-state index is 13.2. The number of amides is 2. The lowest BCUT2D eigenvalue weighted by molar-refractivity contribution is 0.250. The fourth-order valence-electron chi connectivity index (χ4n) is 1.11. The second kappa shape index (κ2) is 6.15. The number of carbonyl (C=O) groups is 1. The Morgan fingerprint density at radius 2 is 2.18 bits per heavy atom. The molecule has 1 atom stereocenters. The molecule has 1 unspecified atom stereocenters. The highest BCUT2D eigenvalue weighted by Gasteiger charge is 2.08. The van der Waals surface area contributed by atoms with Gasteiger partial charge >= 0.3 is 6.03 Å². The average Bonchev–Trinajstić information content (AvgIpc) is 2.29. The molecule has 1 aromatic carbocycles. The van der Waals surface area contributed by atoms with Gasteiger partial charge in [-0.05, 0) is 24.6 Å². The third-order valence-corrected chi connectivity index (χ3v) is 2.19. The van der Waals surface area contributed by atoms with Crippen molar-refractivity contribution in [2.45, 2.75) is 6.92 Å². The van der Waals surface area contributed by atoms with Crippen LogP contribution in [0.15, 0.2) is 18.2 Å². The summed E-state index contributed by atoms with van der Waals surface area (Å²) in [5.41, 5.74) is 5.31. The molecule has 6 heteroatoms. The molecule has 0 saturated heterocycles. The van der Waals surface area contributed by atoms with E-state index < -0.39 is 17.7 Å². The van der Waals surface area contributed by atoms with Gasteiger partial charge in [-0.3, -0.25) is 0 Å². The van der Waals surface area contributed by atoms with E-state index in [4.69, 9.17) is 5.73 Å². The van der Waals surface area contributed by atoms with Crippen molar-refractivity contribution in [1.29, 1.82) is 0 Å². The largest absolute Gasteiger partial charge is 0.338 e. The molecule has 0 aliphatic carbocycles. The molecule has 0 spiro atoms. The smallest absolute Gasteiger partial charge is 0.319 e. The summed E-state index contributed by atoms with van der Waals surface area (Å²) in [6.07, 6.45) is 0. The number of anilines is 1. The Kier molecular flexibility index (Phi) is 4.84. The lowest BCUT2D eigenvalue weighted by atomic mass is 10.2. The second-order valence-electron chi connectivity index (χ2n) is 3.80. The maximum atomic E-state index is 13.2. The van der Waals surface area contributed by atoms with Gasteiger partial charge in [-0.1, -0.05) is 6.92 Å². The van der Waals surface area contributed by atoms with Crippen molar-refractivity contribution in [1.82, 2.24) is 5.32 Å². The molecule has 1 rings (SSSR count). The van der Waals surface area contributed by atoms with Crippen LogP contribution in [-0.4, -0.2) is 19.1 Å². The van der Waals surface area contributed by atoms with E-state index in [2.05, 4.69) is 10.6 Å². The van der Waals surface area contributed by atoms with Crippen LogP contribution in [0.4, 0.5) is 19.3 Å². The van der Waals surface area contributed by atoms with E-state index in [9.17, 15) is 13.6 Å². The summed E-state index contributed by atoms with van der Waals surface area (Å²) >= 11 is 0. The molecule has 0 radical (unpaired) electrons. The zero-order valence-corrected chi connectivity index (χ0v) is 9.47. The molecule has 0 aliphatic heterocycles. The molecule has 0 aliphatic rings. The number of hydrogen-bond acceptors (Lipinski definition) is 2. The Balaban J connectivity index is 2.50. The SMILES string of the molecule is CC(CN)CNC(=O)Nc1ccc(F)cc1F. The first-order valence-corrected chi connectivity index (χ1v) is 5.23. The van der Waals surface area contributed by atoms with Crippen molar-refractivity contribution in [3.8, 4) is 0 Å². The second-order valence-corrected chi connectivity index (χ2v) is 3.80. The summed E-state index contributed by atoms with van der Waals surface area (Å²) < 4.78 is 25.8. The van der Waals surface area contributed by atoms with Gasteiger partial charge in [0.15, 0.2) is 0 Å². The topological polar surface area (TPSA) is 67.1 Å². The van der Waals surface area contributed by atoms with E-state index in [1.54, 1.807) is 0 Å². The summed E-state index contributed by atoms with van der Waals surface area (Å²) in [4.78, 5) is 11.3. The first-order valence-electron chi connectivity index (χ1n) is 5.23. The molecule has 0 heterocycles. The summed E-state index contributed by atoms with van der Waals surface area (Å²) in [6, 6.07) is 2.39. The number of halogens is 2. The Bertz CT molecular complexity index is 398. The van der Waals surface area contributed by atoms with E-state index in [-0.39, 0.29) is 11.6 Å². The normalized spacial score (nSPS) is 12.0. The number of hydrogen-bond donors (Lipinski definition) is 3. The van der Waals surface area contributed by atoms with Gasteiger partial charge in [-0.25, -0.2) is 13.6 Å². The minimum absolute atomic E-state index is 0.0655. The summed E-state index contributed by atoms with van der Waals surface area (Å²) in [7, 11) is 0. The molecule has 17 heavy (non-hydrogen) atoms. The predicted octanol–water partition coefficient (Wildman–Crippen LogP) is 1.68. The molecule has 1 aromatic rings. The Hall–Kier alpha value is -1.69. The molecular weight excluding hydrogens is 228 g/mol. The first kappa shape index (κ1) is 13.4. The number of nitrogens with one attached hydrogen (secondary N) is 2. The van der Waals surface area contributed by atoms with Gasteiger partial charge in [0, 0.05) is 12.6 Å². The number of rotatable bonds is 4. The lowest BCUT2D eigenvalue weighted by Gasteiger charge is -2.11. The molecule has 0 bridgehead atoms. The van der Waals surface area contributed by atoms with E-state index >= 15 is 0 Å².